The van der Waals surface area contributed by atoms with Crippen LogP contribution in [0.5, 0.6) is 6.01 Å². The lowest BCUT2D eigenvalue weighted by molar-refractivity contribution is -0.121. The number of urea groups is 1. The second-order valence-corrected chi connectivity index (χ2v) is 17.5. The van der Waals surface area contributed by atoms with Crippen molar-refractivity contribution >= 4 is 40.0 Å². The van der Waals surface area contributed by atoms with Gasteiger partial charge in [-0.2, -0.15) is 5.10 Å². The number of piperidine rings is 2. The molecule has 0 aliphatic carbocycles. The molecule has 15 nitrogen and oxygen atoms in total. The number of ether oxygens (including phenoxy) is 1. The molecule has 3 amide bonds. The maximum atomic E-state index is 16.7. The van der Waals surface area contributed by atoms with E-state index in [0.29, 0.717) is 78.1 Å². The first kappa shape index (κ1) is 42.3. The third-order valence-electron chi connectivity index (χ3n) is 13.5. The van der Waals surface area contributed by atoms with Crippen molar-refractivity contribution in [2.45, 2.75) is 57.4 Å². The lowest BCUT2D eigenvalue weighted by Crippen LogP contribution is -2.34. The predicted octanol–water partition coefficient (Wildman–Crippen LogP) is 7.76. The number of nitrogens with zero attached hydrogens (tertiary/aromatic N) is 10. The molecular formula is C50H50FN11O4. The topological polar surface area (TPSA) is 149 Å². The molecule has 0 spiro atoms. The number of carbonyl (C=O) groups excluding carboxylic acids is 2. The van der Waals surface area contributed by atoms with Gasteiger partial charge in [0, 0.05) is 69.5 Å². The number of pyridine rings is 2. The first-order chi connectivity index (χ1) is 31.9. The van der Waals surface area contributed by atoms with Gasteiger partial charge >= 0.3 is 17.7 Å². The minimum Gasteiger partial charge on any atom is -0.467 e. The van der Waals surface area contributed by atoms with Crippen LogP contribution in [-0.2, 0) is 18.9 Å². The van der Waals surface area contributed by atoms with Crippen LogP contribution in [0.25, 0.3) is 38.8 Å². The second kappa shape index (κ2) is 16.7. The number of hydrogen-bond acceptors (Lipinski definition) is 9. The normalized spacial score (nSPS) is 18.2. The number of carbonyl (C=O) groups is 2. The molecule has 4 aromatic heterocycles. The van der Waals surface area contributed by atoms with Crippen LogP contribution in [0.4, 0.5) is 26.4 Å². The van der Waals surface area contributed by atoms with Crippen LogP contribution in [0.2, 0.25) is 0 Å². The first-order valence-corrected chi connectivity index (χ1v) is 22.2. The molecule has 7 heterocycles. The predicted molar refractivity (Wildman–Crippen MR) is 252 cm³/mol. The number of amides is 3. The number of anilines is 3. The number of benzene rings is 3. The van der Waals surface area contributed by atoms with Gasteiger partial charge in [0.05, 0.1) is 47.6 Å². The van der Waals surface area contributed by atoms with Crippen molar-refractivity contribution in [3.63, 3.8) is 0 Å². The fourth-order valence-electron chi connectivity index (χ4n) is 10.1. The highest BCUT2D eigenvalue weighted by atomic mass is 19.1. The molecule has 66 heavy (non-hydrogen) atoms. The highest BCUT2D eigenvalue weighted by Gasteiger charge is 2.38. The van der Waals surface area contributed by atoms with E-state index in [1.54, 1.807) is 47.6 Å². The number of allylic oxidation sites excluding steroid dienone is 1. The van der Waals surface area contributed by atoms with Gasteiger partial charge in [-0.15, -0.1) is 5.10 Å². The molecule has 336 valence electrons. The molecule has 16 heteroatoms. The Hall–Kier alpha value is -7.62. The number of nitrogens with one attached hydrogen (secondary N) is 1. The smallest absolute Gasteiger partial charge is 0.353 e. The van der Waals surface area contributed by atoms with E-state index in [1.165, 1.54) is 21.9 Å². The van der Waals surface area contributed by atoms with Crippen LogP contribution in [0.3, 0.4) is 0 Å². The van der Waals surface area contributed by atoms with Gasteiger partial charge in [-0.1, -0.05) is 30.8 Å². The third kappa shape index (κ3) is 7.26. The molecule has 0 bridgehead atoms. The number of aromatic nitrogens is 7. The number of fused-ring (bicyclic) bond motifs is 1. The Kier molecular flexibility index (Phi) is 10.7. The summed E-state index contributed by atoms with van der Waals surface area (Å²) in [4.78, 5) is 53.8. The summed E-state index contributed by atoms with van der Waals surface area (Å²) in [5, 5.41) is 13.1. The summed E-state index contributed by atoms with van der Waals surface area (Å²) in [6, 6.07) is 22.8. The lowest BCUT2D eigenvalue weighted by atomic mass is 9.87. The van der Waals surface area contributed by atoms with Crippen LogP contribution in [0.1, 0.15) is 61.3 Å². The van der Waals surface area contributed by atoms with Gasteiger partial charge in [-0.25, -0.2) is 28.2 Å². The fourth-order valence-corrected chi connectivity index (χ4v) is 10.1. The van der Waals surface area contributed by atoms with Crippen molar-refractivity contribution in [3.05, 3.63) is 137 Å². The van der Waals surface area contributed by atoms with E-state index in [4.69, 9.17) is 14.8 Å². The van der Waals surface area contributed by atoms with E-state index < -0.39 is 5.69 Å². The molecule has 3 aliphatic heterocycles. The lowest BCUT2D eigenvalue weighted by Gasteiger charge is -2.34. The minimum absolute atomic E-state index is 0.00456. The van der Waals surface area contributed by atoms with E-state index in [2.05, 4.69) is 45.1 Å². The maximum absolute atomic E-state index is 16.7. The van der Waals surface area contributed by atoms with Gasteiger partial charge < -0.3 is 15.0 Å². The fraction of sp³-hybridized carbons (Fsp3) is 0.300. The van der Waals surface area contributed by atoms with Gasteiger partial charge in [0.15, 0.2) is 0 Å². The Morgan fingerprint density at radius 2 is 1.68 bits per heavy atom. The largest absolute Gasteiger partial charge is 0.467 e. The number of halogens is 1. The first-order valence-electron chi connectivity index (χ1n) is 22.2. The standard InChI is InChI=1S/C50H50FN11O4/c1-29-28-60(50(65)61(29)36-8-7-20-52-27-36)47-30(2)37(17-21-53-47)39-13-11-35(62-48(66-6)56-58(5)49(62)64)26-41(39)34-10-15-43(42(51)24-34)59-22-18-32(19-23-59)33-9-12-40-44(25-33)57(4)55-46(40)38-14-16-45(63)54-31(38)3/h7-13,15,17,20-21,24-27,29,32,38H,3,14,16,18-19,22-23,28H2,1-2,4-6H3,(H,54,63)/t29-,38?/m0/s1. The van der Waals surface area contributed by atoms with Crippen LogP contribution in [0, 0.1) is 12.7 Å². The van der Waals surface area contributed by atoms with Crippen LogP contribution in [-0.4, -0.2) is 78.8 Å². The summed E-state index contributed by atoms with van der Waals surface area (Å²) in [5.74, 6) is 0.421. The maximum Gasteiger partial charge on any atom is 0.353 e. The average molecular weight is 888 g/mol. The highest BCUT2D eigenvalue weighted by molar-refractivity contribution is 6.07. The average Bonchev–Trinajstić information content (AvgIpc) is 3.93. The monoisotopic (exact) mass is 887 g/mol. The quantitative estimate of drug-likeness (QED) is 0.154. The van der Waals surface area contributed by atoms with E-state index in [0.717, 1.165) is 46.1 Å². The zero-order chi connectivity index (χ0) is 46.0. The van der Waals surface area contributed by atoms with Crippen molar-refractivity contribution in [2.24, 2.45) is 14.1 Å². The van der Waals surface area contributed by atoms with Gasteiger partial charge in [-0.05, 0) is 121 Å². The third-order valence-corrected chi connectivity index (χ3v) is 13.5. The van der Waals surface area contributed by atoms with Crippen LogP contribution < -0.4 is 30.4 Å². The molecule has 2 atom stereocenters. The van der Waals surface area contributed by atoms with Crippen molar-refractivity contribution in [2.75, 3.05) is 41.4 Å². The molecule has 0 radical (unpaired) electrons. The Morgan fingerprint density at radius 3 is 2.42 bits per heavy atom. The van der Waals surface area contributed by atoms with Gasteiger partial charge in [0.1, 0.15) is 11.6 Å². The van der Waals surface area contributed by atoms with Crippen molar-refractivity contribution < 1.29 is 18.7 Å². The Labute approximate surface area is 380 Å². The zero-order valence-corrected chi connectivity index (χ0v) is 37.5. The summed E-state index contributed by atoms with van der Waals surface area (Å²) in [6.45, 7) is 9.81. The van der Waals surface area contributed by atoms with Crippen LogP contribution in [0.15, 0.2) is 108 Å². The van der Waals surface area contributed by atoms with Gasteiger partial charge in [0.2, 0.25) is 5.91 Å². The van der Waals surface area contributed by atoms with Crippen molar-refractivity contribution in [1.29, 1.82) is 0 Å². The minimum atomic E-state index is -0.398. The highest BCUT2D eigenvalue weighted by Crippen LogP contribution is 2.42. The number of aryl methyl sites for hydroxylation is 2. The molecule has 3 aromatic carbocycles. The molecular weight excluding hydrogens is 838 g/mol. The zero-order valence-electron chi connectivity index (χ0n) is 37.5. The number of hydrogen-bond donors (Lipinski definition) is 1. The van der Waals surface area contributed by atoms with E-state index >= 15 is 4.39 Å². The Bertz CT molecular complexity index is 3130. The van der Waals surface area contributed by atoms with Crippen molar-refractivity contribution in [1.82, 2.24) is 39.4 Å². The summed E-state index contributed by atoms with van der Waals surface area (Å²) < 4.78 is 26.7. The summed E-state index contributed by atoms with van der Waals surface area (Å²) >= 11 is 0. The van der Waals surface area contributed by atoms with Gasteiger partial charge in [-0.3, -0.25) is 24.3 Å². The van der Waals surface area contributed by atoms with Crippen molar-refractivity contribution in [3.8, 4) is 34.0 Å². The molecule has 3 fully saturated rings. The van der Waals surface area contributed by atoms with E-state index in [-0.39, 0.29) is 35.7 Å². The van der Waals surface area contributed by atoms with E-state index in [1.807, 2.05) is 68.0 Å². The summed E-state index contributed by atoms with van der Waals surface area (Å²) in [7, 11) is 4.96. The molecule has 1 unspecified atom stereocenters. The SMILES string of the molecule is C=C1NC(=O)CCC1c1nn(C)c2cc(C3CCN(c4ccc(-c5cc(-n6c(OC)nn(C)c6=O)ccc5-c5ccnc(N6C[C@H](C)N(c7cccnc7)C6=O)c5C)cc4F)CC3)ccc12. The molecule has 0 saturated carbocycles. The summed E-state index contributed by atoms with van der Waals surface area (Å²) in [5.41, 5.74) is 8.82. The molecule has 10 rings (SSSR count). The van der Waals surface area contributed by atoms with Gasteiger partial charge in [0.25, 0.3) is 0 Å². The number of rotatable bonds is 9. The molecule has 7 aromatic rings. The molecule has 1 N–H and O–H groups in total. The number of methoxy groups -OCH3 is 1. The van der Waals surface area contributed by atoms with Crippen LogP contribution >= 0.6 is 0 Å². The second-order valence-electron chi connectivity index (χ2n) is 17.5. The Balaban J connectivity index is 0.947. The Morgan fingerprint density at radius 1 is 0.864 bits per heavy atom. The molecule has 3 saturated heterocycles. The van der Waals surface area contributed by atoms with E-state index in [9.17, 15) is 14.4 Å². The summed E-state index contributed by atoms with van der Waals surface area (Å²) in [6.07, 6.45) is 7.86. The molecule has 3 aliphatic rings.